The molecular weight excluding hydrogens is 629 g/mol. The first-order valence-corrected chi connectivity index (χ1v) is 13.0. The van der Waals surface area contributed by atoms with Gasteiger partial charge in [0, 0.05) is 10.4 Å². The Kier molecular flexibility index (Phi) is 9.28. The molecule has 0 saturated carbocycles. The number of benzene rings is 2. The molecule has 0 aliphatic carbocycles. The summed E-state index contributed by atoms with van der Waals surface area (Å²) in [5.74, 6) is 1.04. The Balaban J connectivity index is 2.09. The fourth-order valence-corrected chi connectivity index (χ4v) is 4.45. The third-order valence-electron chi connectivity index (χ3n) is 5.37. The number of halogens is 2. The molecule has 1 aromatic heterocycles. The average molecular weight is 656 g/mol. The normalized spacial score (nSPS) is 13.1. The van der Waals surface area contributed by atoms with E-state index in [-0.39, 0.29) is 11.5 Å². The summed E-state index contributed by atoms with van der Waals surface area (Å²) in [7, 11) is 1.31. The van der Waals surface area contributed by atoms with Crippen LogP contribution in [0.5, 0.6) is 11.5 Å². The smallest absolute Gasteiger partial charge is 0.346 e. The Morgan fingerprint density at radius 1 is 1.26 bits per heavy atom. The predicted octanol–water partition coefficient (Wildman–Crippen LogP) is 5.50. The number of carbonyl (C=O) groups excluding carboxylic acids is 1. The molecule has 3 rings (SSSR count). The first kappa shape index (κ1) is 27.1. The van der Waals surface area contributed by atoms with Crippen LogP contribution in [-0.2, 0) is 9.53 Å². The fraction of sp³-hybridized carbons (Fsp3) is 0.360. The van der Waals surface area contributed by atoms with Crippen LogP contribution in [0.2, 0.25) is 0 Å². The van der Waals surface area contributed by atoms with Crippen molar-refractivity contribution in [2.75, 3.05) is 13.7 Å². The monoisotopic (exact) mass is 655 g/mol. The summed E-state index contributed by atoms with van der Waals surface area (Å²) in [6, 6.07) is 9.04. The van der Waals surface area contributed by atoms with Crippen molar-refractivity contribution in [3.8, 4) is 11.5 Å². The molecule has 0 fully saturated rings. The molecule has 8 nitrogen and oxygen atoms in total. The van der Waals surface area contributed by atoms with Gasteiger partial charge in [0.15, 0.2) is 17.6 Å². The van der Waals surface area contributed by atoms with Crippen molar-refractivity contribution in [2.24, 2.45) is 5.10 Å². The molecule has 2 atom stereocenters. The zero-order valence-electron chi connectivity index (χ0n) is 20.2. The van der Waals surface area contributed by atoms with Crippen LogP contribution >= 0.6 is 38.5 Å². The molecule has 0 aliphatic rings. The van der Waals surface area contributed by atoms with Crippen molar-refractivity contribution < 1.29 is 19.0 Å². The molecule has 0 unspecified atom stereocenters. The van der Waals surface area contributed by atoms with E-state index in [1.165, 1.54) is 11.8 Å². The van der Waals surface area contributed by atoms with Gasteiger partial charge in [-0.15, -0.1) is 0 Å². The van der Waals surface area contributed by atoms with E-state index in [1.807, 2.05) is 39.0 Å². The van der Waals surface area contributed by atoms with Crippen LogP contribution in [0.1, 0.15) is 51.4 Å². The Hall–Kier alpha value is -2.47. The number of esters is 1. The van der Waals surface area contributed by atoms with Crippen LogP contribution in [0.3, 0.4) is 0 Å². The second-order valence-corrected chi connectivity index (χ2v) is 9.93. The molecule has 0 bridgehead atoms. The van der Waals surface area contributed by atoms with Gasteiger partial charge in [-0.05, 0) is 78.8 Å². The van der Waals surface area contributed by atoms with Gasteiger partial charge in [-0.1, -0.05) is 29.8 Å². The van der Waals surface area contributed by atoms with Crippen LogP contribution in [0, 0.1) is 3.57 Å². The Bertz CT molecular complexity index is 1320. The molecule has 0 amide bonds. The average Bonchev–Trinajstić information content (AvgIpc) is 2.84. The molecule has 10 heteroatoms. The topological polar surface area (TPSA) is 92.0 Å². The van der Waals surface area contributed by atoms with E-state index in [9.17, 15) is 9.59 Å². The van der Waals surface area contributed by atoms with Gasteiger partial charge in [-0.2, -0.15) is 9.78 Å². The van der Waals surface area contributed by atoms with Gasteiger partial charge in [0.1, 0.15) is 5.82 Å². The lowest BCUT2D eigenvalue weighted by Gasteiger charge is -2.18. The number of aromatic nitrogens is 2. The summed E-state index contributed by atoms with van der Waals surface area (Å²) in [6.45, 7) is 7.93. The van der Waals surface area contributed by atoms with Crippen molar-refractivity contribution in [3.63, 3.8) is 0 Å². The van der Waals surface area contributed by atoms with Crippen molar-refractivity contribution in [2.45, 2.75) is 46.1 Å². The van der Waals surface area contributed by atoms with Crippen LogP contribution in [0.25, 0.3) is 10.9 Å². The Labute approximate surface area is 225 Å². The number of hydrogen-bond acceptors (Lipinski definition) is 7. The molecule has 0 radical (unpaired) electrons. The number of nitrogens with zero attached hydrogens (tertiary/aromatic N) is 3. The maximum Gasteiger partial charge on any atom is 0.346 e. The largest absolute Gasteiger partial charge is 0.490 e. The highest BCUT2D eigenvalue weighted by Crippen LogP contribution is 2.35. The Morgan fingerprint density at radius 2 is 2.00 bits per heavy atom. The van der Waals surface area contributed by atoms with E-state index in [1.54, 1.807) is 25.3 Å². The minimum atomic E-state index is -0.799. The standard InChI is InChI=1S/C25H27BrIN3O5/c1-6-14(3)23-29-20-9-8-17(26)12-18(20)24(31)30(23)28-13-16-10-19(27)22(21(11-16)34-7-2)35-15(4)25(32)33-5/h8-15H,6-7H2,1-5H3/t14-,15-/m1/s1. The van der Waals surface area contributed by atoms with Gasteiger partial charge in [0.05, 0.1) is 34.4 Å². The quantitative estimate of drug-likeness (QED) is 0.172. The lowest BCUT2D eigenvalue weighted by Crippen LogP contribution is -2.25. The maximum atomic E-state index is 13.3. The highest BCUT2D eigenvalue weighted by Gasteiger charge is 2.20. The molecule has 3 aromatic rings. The van der Waals surface area contributed by atoms with Gasteiger partial charge in [0.2, 0.25) is 0 Å². The van der Waals surface area contributed by atoms with Crippen molar-refractivity contribution in [3.05, 3.63) is 60.1 Å². The van der Waals surface area contributed by atoms with Crippen LogP contribution in [0.15, 0.2) is 44.7 Å². The third kappa shape index (κ3) is 6.21. The third-order valence-corrected chi connectivity index (χ3v) is 6.66. The number of carbonyl (C=O) groups is 1. The number of hydrogen-bond donors (Lipinski definition) is 0. The molecule has 0 N–H and O–H groups in total. The van der Waals surface area contributed by atoms with Crippen molar-refractivity contribution in [1.29, 1.82) is 0 Å². The SMILES string of the molecule is CCOc1cc(C=Nn2c([C@H](C)CC)nc3ccc(Br)cc3c2=O)cc(I)c1O[C@H](C)C(=O)OC. The summed E-state index contributed by atoms with van der Waals surface area (Å²) in [4.78, 5) is 29.9. The molecule has 35 heavy (non-hydrogen) atoms. The van der Waals surface area contributed by atoms with Gasteiger partial charge in [-0.25, -0.2) is 9.78 Å². The lowest BCUT2D eigenvalue weighted by molar-refractivity contribution is -0.148. The molecule has 2 aromatic carbocycles. The zero-order chi connectivity index (χ0) is 25.7. The van der Waals surface area contributed by atoms with Crippen molar-refractivity contribution >= 4 is 61.6 Å². The highest BCUT2D eigenvalue weighted by atomic mass is 127. The summed E-state index contributed by atoms with van der Waals surface area (Å²) in [5.41, 5.74) is 1.09. The maximum absolute atomic E-state index is 13.3. The molecular formula is C25H27BrIN3O5. The van der Waals surface area contributed by atoms with Crippen LogP contribution < -0.4 is 15.0 Å². The number of methoxy groups -OCH3 is 1. The van der Waals surface area contributed by atoms with E-state index >= 15 is 0 Å². The number of rotatable bonds is 9. The Morgan fingerprint density at radius 3 is 2.66 bits per heavy atom. The first-order chi connectivity index (χ1) is 16.7. The van der Waals surface area contributed by atoms with E-state index < -0.39 is 12.1 Å². The summed E-state index contributed by atoms with van der Waals surface area (Å²) < 4.78 is 19.2. The minimum Gasteiger partial charge on any atom is -0.490 e. The second kappa shape index (κ2) is 12.0. The van der Waals surface area contributed by atoms with Crippen molar-refractivity contribution in [1.82, 2.24) is 9.66 Å². The predicted molar refractivity (Wildman–Crippen MR) is 148 cm³/mol. The van der Waals surface area contributed by atoms with E-state index in [0.29, 0.717) is 40.4 Å². The van der Waals surface area contributed by atoms with Crippen LogP contribution in [0.4, 0.5) is 0 Å². The molecule has 1 heterocycles. The number of fused-ring (bicyclic) bond motifs is 1. The first-order valence-electron chi connectivity index (χ1n) is 11.2. The summed E-state index contributed by atoms with van der Waals surface area (Å²) >= 11 is 5.54. The highest BCUT2D eigenvalue weighted by molar-refractivity contribution is 14.1. The van der Waals surface area contributed by atoms with Crippen LogP contribution in [-0.4, -0.2) is 41.7 Å². The van der Waals surface area contributed by atoms with E-state index in [2.05, 4.69) is 43.6 Å². The summed E-state index contributed by atoms with van der Waals surface area (Å²) in [5, 5.41) is 5.01. The van der Waals surface area contributed by atoms with Gasteiger partial charge in [-0.3, -0.25) is 4.79 Å². The van der Waals surface area contributed by atoms with Gasteiger partial charge in [0.25, 0.3) is 5.56 Å². The van der Waals surface area contributed by atoms with Gasteiger partial charge < -0.3 is 14.2 Å². The zero-order valence-corrected chi connectivity index (χ0v) is 23.9. The van der Waals surface area contributed by atoms with Gasteiger partial charge >= 0.3 is 5.97 Å². The molecule has 0 aliphatic heterocycles. The molecule has 0 spiro atoms. The fourth-order valence-electron chi connectivity index (χ4n) is 3.33. The van der Waals surface area contributed by atoms with E-state index in [4.69, 9.17) is 19.2 Å². The molecule has 0 saturated heterocycles. The second-order valence-electron chi connectivity index (χ2n) is 7.85. The van der Waals surface area contributed by atoms with E-state index in [0.717, 1.165) is 14.5 Å². The number of ether oxygens (including phenoxy) is 3. The molecule has 186 valence electrons. The summed E-state index contributed by atoms with van der Waals surface area (Å²) in [6.07, 6.45) is 1.60. The minimum absolute atomic E-state index is 0.0302. The lowest BCUT2D eigenvalue weighted by atomic mass is 10.1.